The van der Waals surface area contributed by atoms with Crippen molar-refractivity contribution in [1.29, 1.82) is 5.26 Å². The third-order valence-corrected chi connectivity index (χ3v) is 6.54. The van der Waals surface area contributed by atoms with Gasteiger partial charge in [-0.1, -0.05) is 44.2 Å². The van der Waals surface area contributed by atoms with E-state index in [1.54, 1.807) is 19.2 Å². The molecule has 1 aliphatic heterocycles. The number of methoxy groups -OCH3 is 1. The highest BCUT2D eigenvalue weighted by Crippen LogP contribution is 2.50. The molecule has 182 valence electrons. The van der Waals surface area contributed by atoms with Gasteiger partial charge in [0.15, 0.2) is 5.78 Å². The number of nitriles is 1. The molecule has 2 N–H and O–H groups in total. The third kappa shape index (κ3) is 4.94. The molecule has 1 aliphatic carbocycles. The molecular formula is C28H30FN3O3. The molecule has 0 aromatic heterocycles. The fourth-order valence-corrected chi connectivity index (χ4v) is 4.92. The molecule has 0 amide bonds. The van der Waals surface area contributed by atoms with Crippen LogP contribution in [0.4, 0.5) is 4.39 Å². The molecule has 35 heavy (non-hydrogen) atoms. The molecule has 4 rings (SSSR count). The van der Waals surface area contributed by atoms with Gasteiger partial charge < -0.3 is 20.1 Å². The van der Waals surface area contributed by atoms with E-state index in [1.807, 2.05) is 29.2 Å². The Bertz CT molecular complexity index is 1220. The smallest absolute Gasteiger partial charge is 0.162 e. The zero-order chi connectivity index (χ0) is 25.2. The quantitative estimate of drug-likeness (QED) is 0.620. The topological polar surface area (TPSA) is 88.6 Å². The summed E-state index contributed by atoms with van der Waals surface area (Å²) in [4.78, 5) is 15.4. The zero-order valence-electron chi connectivity index (χ0n) is 20.3. The SMILES string of the molecule is COCCN1C(N)=C(C#N)[C@@H](c2ccccc2OCc2ccc(F)cc2)C2=C1CC(C)(C)CC2=O. The number of nitrogens with two attached hydrogens (primary N) is 1. The Balaban J connectivity index is 1.80. The number of Topliss-reactive ketones (excluding diaryl/α,β-unsaturated/α-hetero) is 1. The normalized spacial score (nSPS) is 19.5. The van der Waals surface area contributed by atoms with E-state index in [-0.39, 0.29) is 23.6 Å². The monoisotopic (exact) mass is 475 g/mol. The highest BCUT2D eigenvalue weighted by molar-refractivity contribution is 6.00. The predicted octanol–water partition coefficient (Wildman–Crippen LogP) is 4.79. The van der Waals surface area contributed by atoms with E-state index >= 15 is 0 Å². The molecule has 2 aromatic carbocycles. The predicted molar refractivity (Wildman–Crippen MR) is 130 cm³/mol. The second-order valence-electron chi connectivity index (χ2n) is 9.74. The summed E-state index contributed by atoms with van der Waals surface area (Å²) in [7, 11) is 1.61. The van der Waals surface area contributed by atoms with Crippen molar-refractivity contribution in [1.82, 2.24) is 4.90 Å². The van der Waals surface area contributed by atoms with Gasteiger partial charge in [-0.2, -0.15) is 5.26 Å². The Morgan fingerprint density at radius 2 is 1.89 bits per heavy atom. The Morgan fingerprint density at radius 1 is 1.17 bits per heavy atom. The summed E-state index contributed by atoms with van der Waals surface area (Å²) in [6.45, 7) is 5.21. The number of hydrogen-bond donors (Lipinski definition) is 1. The van der Waals surface area contributed by atoms with Crippen molar-refractivity contribution in [2.24, 2.45) is 11.1 Å². The first-order valence-electron chi connectivity index (χ1n) is 11.6. The van der Waals surface area contributed by atoms with Gasteiger partial charge in [-0.15, -0.1) is 0 Å². The fraction of sp³-hybridized carbons (Fsp3) is 0.357. The molecule has 1 heterocycles. The minimum absolute atomic E-state index is 0.0113. The van der Waals surface area contributed by atoms with Crippen LogP contribution in [0.25, 0.3) is 0 Å². The first kappa shape index (κ1) is 24.5. The van der Waals surface area contributed by atoms with Crippen molar-refractivity contribution in [2.75, 3.05) is 20.3 Å². The van der Waals surface area contributed by atoms with E-state index < -0.39 is 5.92 Å². The van der Waals surface area contributed by atoms with Crippen LogP contribution in [-0.4, -0.2) is 30.9 Å². The lowest BCUT2D eigenvalue weighted by molar-refractivity contribution is -0.118. The first-order valence-corrected chi connectivity index (χ1v) is 11.6. The molecule has 0 saturated carbocycles. The molecule has 2 aliphatic rings. The second-order valence-corrected chi connectivity index (χ2v) is 9.74. The maximum absolute atomic E-state index is 13.6. The largest absolute Gasteiger partial charge is 0.489 e. The lowest BCUT2D eigenvalue weighted by Crippen LogP contribution is -2.43. The van der Waals surface area contributed by atoms with Crippen molar-refractivity contribution in [2.45, 2.75) is 39.2 Å². The number of nitrogens with zero attached hydrogens (tertiary/aromatic N) is 2. The summed E-state index contributed by atoms with van der Waals surface area (Å²) in [5.74, 6) is -0.0322. The van der Waals surface area contributed by atoms with Gasteiger partial charge in [0.05, 0.1) is 24.2 Å². The lowest BCUT2D eigenvalue weighted by atomic mass is 9.68. The summed E-state index contributed by atoms with van der Waals surface area (Å²) >= 11 is 0. The highest BCUT2D eigenvalue weighted by atomic mass is 19.1. The Morgan fingerprint density at radius 3 is 2.57 bits per heavy atom. The minimum atomic E-state index is -0.623. The van der Waals surface area contributed by atoms with Crippen LogP contribution in [0.15, 0.2) is 71.2 Å². The van der Waals surface area contributed by atoms with Gasteiger partial charge >= 0.3 is 0 Å². The Labute approximate surface area is 205 Å². The molecule has 0 unspecified atom stereocenters. The van der Waals surface area contributed by atoms with Crippen LogP contribution in [0.2, 0.25) is 0 Å². The summed E-state index contributed by atoms with van der Waals surface area (Å²) in [5.41, 5.74) is 9.64. The van der Waals surface area contributed by atoms with Gasteiger partial charge in [0.25, 0.3) is 0 Å². The first-order chi connectivity index (χ1) is 16.8. The van der Waals surface area contributed by atoms with Crippen LogP contribution in [-0.2, 0) is 16.1 Å². The molecule has 7 heteroatoms. The molecule has 0 saturated heterocycles. The van der Waals surface area contributed by atoms with E-state index in [1.165, 1.54) is 12.1 Å². The van der Waals surface area contributed by atoms with Gasteiger partial charge in [-0.25, -0.2) is 4.39 Å². The number of ketones is 1. The average Bonchev–Trinajstić information content (AvgIpc) is 2.82. The summed E-state index contributed by atoms with van der Waals surface area (Å²) < 4.78 is 24.7. The number of carbonyl (C=O) groups is 1. The third-order valence-electron chi connectivity index (χ3n) is 6.54. The van der Waals surface area contributed by atoms with E-state index in [9.17, 15) is 14.4 Å². The number of hydrogen-bond acceptors (Lipinski definition) is 6. The van der Waals surface area contributed by atoms with Crippen molar-refractivity contribution in [3.63, 3.8) is 0 Å². The number of carbonyl (C=O) groups excluding carboxylic acids is 1. The van der Waals surface area contributed by atoms with Gasteiger partial charge in [0.2, 0.25) is 0 Å². The standard InChI is InChI=1S/C28H30FN3O3/c1-28(2)14-22-26(23(33)15-28)25(21(16-30)27(31)32(22)12-13-34-3)20-6-4-5-7-24(20)35-17-18-8-10-19(29)11-9-18/h4-11,25H,12-15,17,31H2,1-3H3/t25-/m1/s1. The van der Waals surface area contributed by atoms with Gasteiger partial charge in [0.1, 0.15) is 24.0 Å². The van der Waals surface area contributed by atoms with Crippen LogP contribution in [0.1, 0.15) is 43.7 Å². The average molecular weight is 476 g/mol. The van der Waals surface area contributed by atoms with Crippen LogP contribution >= 0.6 is 0 Å². The van der Waals surface area contributed by atoms with Crippen LogP contribution in [0.3, 0.4) is 0 Å². The molecule has 0 fully saturated rings. The van der Waals surface area contributed by atoms with Gasteiger partial charge in [0, 0.05) is 36.9 Å². The van der Waals surface area contributed by atoms with Crippen LogP contribution < -0.4 is 10.5 Å². The number of rotatable bonds is 7. The number of benzene rings is 2. The van der Waals surface area contributed by atoms with Crippen molar-refractivity contribution in [3.05, 3.63) is 88.1 Å². The summed E-state index contributed by atoms with van der Waals surface area (Å²) in [6, 6.07) is 15.8. The molecule has 2 aromatic rings. The van der Waals surface area contributed by atoms with Gasteiger partial charge in [-0.05, 0) is 35.6 Å². The number of allylic oxidation sites excluding steroid dienone is 3. The summed E-state index contributed by atoms with van der Waals surface area (Å²) in [5, 5.41) is 10.2. The molecule has 0 bridgehead atoms. The number of halogens is 1. The highest BCUT2D eigenvalue weighted by Gasteiger charge is 2.44. The number of para-hydroxylation sites is 1. The Hall–Kier alpha value is -3.63. The van der Waals surface area contributed by atoms with E-state index in [2.05, 4.69) is 19.9 Å². The molecule has 1 atom stereocenters. The maximum atomic E-state index is 13.6. The molecule has 6 nitrogen and oxygen atoms in total. The van der Waals surface area contributed by atoms with Crippen molar-refractivity contribution >= 4 is 5.78 Å². The number of ether oxygens (including phenoxy) is 2. The minimum Gasteiger partial charge on any atom is -0.489 e. The molecule has 0 spiro atoms. The van der Waals surface area contributed by atoms with Crippen LogP contribution in [0.5, 0.6) is 5.75 Å². The molecular weight excluding hydrogens is 445 g/mol. The van der Waals surface area contributed by atoms with E-state index in [0.717, 1.165) is 11.3 Å². The van der Waals surface area contributed by atoms with Crippen LogP contribution in [0, 0.1) is 22.6 Å². The van der Waals surface area contributed by atoms with E-state index in [4.69, 9.17) is 15.2 Å². The fourth-order valence-electron chi connectivity index (χ4n) is 4.92. The second kappa shape index (κ2) is 9.93. The zero-order valence-corrected chi connectivity index (χ0v) is 20.3. The maximum Gasteiger partial charge on any atom is 0.162 e. The summed E-state index contributed by atoms with van der Waals surface area (Å²) in [6.07, 6.45) is 1.05. The Kier molecular flexibility index (Phi) is 6.95. The lowest BCUT2D eigenvalue weighted by Gasteiger charge is -2.44. The van der Waals surface area contributed by atoms with Crippen molar-refractivity contribution < 1.29 is 18.7 Å². The van der Waals surface area contributed by atoms with Gasteiger partial charge in [-0.3, -0.25) is 4.79 Å². The van der Waals surface area contributed by atoms with Crippen molar-refractivity contribution in [3.8, 4) is 11.8 Å². The molecule has 0 radical (unpaired) electrons. The van der Waals surface area contributed by atoms with E-state index in [0.29, 0.717) is 54.3 Å².